The summed E-state index contributed by atoms with van der Waals surface area (Å²) in [6.45, 7) is 0. The van der Waals surface area contributed by atoms with Crippen molar-refractivity contribution in [1.82, 2.24) is 23.3 Å². The van der Waals surface area contributed by atoms with Crippen LogP contribution in [0.25, 0.3) is 121 Å². The molecule has 352 valence electrons. The van der Waals surface area contributed by atoms with Crippen molar-refractivity contribution in [3.05, 3.63) is 224 Å². The Morgan fingerprint density at radius 2 is 0.622 bits per heavy atom. The summed E-state index contributed by atoms with van der Waals surface area (Å²) in [5.41, 5.74) is 15.9. The number of fused-ring (bicyclic) bond motifs is 12. The Bertz CT molecular complexity index is 4260. The molecule has 5 aromatic heterocycles. The average Bonchev–Trinajstić information content (AvgIpc) is 4.17. The van der Waals surface area contributed by atoms with E-state index in [2.05, 4.69) is 237 Å². The highest BCUT2D eigenvalue weighted by Gasteiger charge is 2.51. The van der Waals surface area contributed by atoms with Crippen LogP contribution in [-0.2, 0) is 5.41 Å². The molecule has 74 heavy (non-hydrogen) atoms. The third-order valence-electron chi connectivity index (χ3n) is 18.1. The number of benzene rings is 9. The van der Waals surface area contributed by atoms with Crippen LogP contribution in [0.15, 0.2) is 218 Å². The number of nitrogens with zero attached hydrogens (tertiary/aromatic N) is 5. The number of hydrogen-bond donors (Lipinski definition) is 0. The van der Waals surface area contributed by atoms with Crippen molar-refractivity contribution in [2.75, 3.05) is 0 Å². The Morgan fingerprint density at radius 3 is 1.00 bits per heavy atom. The molecule has 4 bridgehead atoms. The first-order valence-electron chi connectivity index (χ1n) is 26.8. The zero-order valence-electron chi connectivity index (χ0n) is 41.0. The highest BCUT2D eigenvalue weighted by Crippen LogP contribution is 2.61. The molecule has 4 aliphatic carbocycles. The van der Waals surface area contributed by atoms with E-state index in [1.54, 1.807) is 5.56 Å². The van der Waals surface area contributed by atoms with Crippen LogP contribution >= 0.6 is 0 Å². The maximum Gasteiger partial charge on any atom is 0.140 e. The highest BCUT2D eigenvalue weighted by molar-refractivity contribution is 6.14. The molecule has 0 spiro atoms. The van der Waals surface area contributed by atoms with Gasteiger partial charge < -0.3 is 9.13 Å². The molecule has 0 amide bonds. The van der Waals surface area contributed by atoms with Gasteiger partial charge in [-0.1, -0.05) is 133 Å². The molecule has 0 N–H and O–H groups in total. The van der Waals surface area contributed by atoms with Crippen molar-refractivity contribution >= 4 is 87.2 Å². The Balaban J connectivity index is 0.886. The molecule has 4 aliphatic rings. The number of rotatable bonds is 6. The van der Waals surface area contributed by atoms with E-state index in [9.17, 15) is 0 Å². The molecule has 9 aromatic carbocycles. The van der Waals surface area contributed by atoms with E-state index in [1.165, 1.54) is 109 Å². The van der Waals surface area contributed by atoms with Gasteiger partial charge in [0.2, 0.25) is 0 Å². The maximum atomic E-state index is 5.81. The van der Waals surface area contributed by atoms with E-state index in [-0.39, 0.29) is 0 Å². The first-order valence-corrected chi connectivity index (χ1v) is 26.8. The number of para-hydroxylation sites is 6. The van der Waals surface area contributed by atoms with Gasteiger partial charge in [-0.3, -0.25) is 9.13 Å². The monoisotopic (exact) mass is 949 g/mol. The van der Waals surface area contributed by atoms with Crippen LogP contribution in [0.3, 0.4) is 0 Å². The van der Waals surface area contributed by atoms with Gasteiger partial charge in [0, 0.05) is 54.5 Å². The Hall–Kier alpha value is -8.67. The summed E-state index contributed by atoms with van der Waals surface area (Å²) in [4.78, 5) is 5.81. The molecule has 5 nitrogen and oxygen atoms in total. The van der Waals surface area contributed by atoms with E-state index in [4.69, 9.17) is 4.98 Å². The fourth-order valence-corrected chi connectivity index (χ4v) is 15.5. The van der Waals surface area contributed by atoms with Crippen LogP contribution in [0.2, 0.25) is 0 Å². The minimum Gasteiger partial charge on any atom is -0.309 e. The minimum atomic E-state index is 0.337. The van der Waals surface area contributed by atoms with Gasteiger partial charge in [0.05, 0.1) is 44.1 Å². The van der Waals surface area contributed by atoms with Crippen molar-refractivity contribution in [2.45, 2.75) is 43.9 Å². The molecular weight excluding hydrogens is 899 g/mol. The molecule has 0 saturated heterocycles. The van der Waals surface area contributed by atoms with Gasteiger partial charge in [0.15, 0.2) is 0 Å². The van der Waals surface area contributed by atoms with Crippen LogP contribution in [-0.4, -0.2) is 23.3 Å². The van der Waals surface area contributed by atoms with E-state index < -0.39 is 0 Å². The van der Waals surface area contributed by atoms with Crippen LogP contribution in [0.5, 0.6) is 0 Å². The van der Waals surface area contributed by atoms with Crippen molar-refractivity contribution in [2.24, 2.45) is 17.8 Å². The van der Waals surface area contributed by atoms with Gasteiger partial charge in [-0.05, 0) is 163 Å². The Morgan fingerprint density at radius 1 is 0.297 bits per heavy atom. The zero-order chi connectivity index (χ0) is 48.2. The first-order chi connectivity index (χ1) is 36.6. The number of hydrogen-bond acceptors (Lipinski definition) is 1. The van der Waals surface area contributed by atoms with E-state index >= 15 is 0 Å². The molecule has 5 heterocycles. The molecule has 0 radical (unpaired) electrons. The SMILES string of the molecule is c1ccc2c(c1)c1ccccc1n2-c1ccc2c(c1)c1ccccc1n2-c1cc(-c2ccc(C34CC5CC(CC(C5)C3)C4)cc2)cc(-n2c3ccccc3c3cc(-n4c5ccccc5c5ccccc54)ccc32)n1. The molecule has 0 aliphatic heterocycles. The largest absolute Gasteiger partial charge is 0.309 e. The van der Waals surface area contributed by atoms with Crippen molar-refractivity contribution in [3.8, 4) is 34.1 Å². The fourth-order valence-electron chi connectivity index (χ4n) is 15.5. The molecule has 0 unspecified atom stereocenters. The predicted molar refractivity (Wildman–Crippen MR) is 307 cm³/mol. The zero-order valence-corrected chi connectivity index (χ0v) is 41.0. The van der Waals surface area contributed by atoms with Crippen LogP contribution in [0, 0.1) is 17.8 Å². The van der Waals surface area contributed by atoms with Gasteiger partial charge in [-0.25, -0.2) is 4.98 Å². The summed E-state index contributed by atoms with van der Waals surface area (Å²) in [5.74, 6) is 4.50. The third-order valence-corrected chi connectivity index (χ3v) is 18.1. The highest BCUT2D eigenvalue weighted by atomic mass is 15.1. The topological polar surface area (TPSA) is 32.6 Å². The predicted octanol–water partition coefficient (Wildman–Crippen LogP) is 17.6. The van der Waals surface area contributed by atoms with Gasteiger partial charge in [-0.2, -0.15) is 0 Å². The number of pyridine rings is 1. The second-order valence-electron chi connectivity index (χ2n) is 22.2. The summed E-state index contributed by atoms with van der Waals surface area (Å²) in [6.07, 6.45) is 8.44. The Labute approximate surface area is 428 Å². The fraction of sp³-hybridized carbons (Fsp3) is 0.145. The van der Waals surface area contributed by atoms with E-state index in [0.717, 1.165) is 68.4 Å². The lowest BCUT2D eigenvalue weighted by atomic mass is 9.48. The first kappa shape index (κ1) is 40.9. The smallest absolute Gasteiger partial charge is 0.140 e. The summed E-state index contributed by atoms with van der Waals surface area (Å²) in [5, 5.41) is 9.85. The van der Waals surface area contributed by atoms with Gasteiger partial charge >= 0.3 is 0 Å². The van der Waals surface area contributed by atoms with Crippen LogP contribution in [0.4, 0.5) is 0 Å². The van der Waals surface area contributed by atoms with E-state index in [1.807, 2.05) is 0 Å². The van der Waals surface area contributed by atoms with Crippen molar-refractivity contribution in [3.63, 3.8) is 0 Å². The molecule has 4 saturated carbocycles. The maximum absolute atomic E-state index is 5.81. The lowest BCUT2D eigenvalue weighted by molar-refractivity contribution is -0.00518. The van der Waals surface area contributed by atoms with Crippen LogP contribution < -0.4 is 0 Å². The standard InChI is InChI=1S/C69H51N5/c1-7-19-59-51(13-1)52-14-2-8-20-60(52)71(59)49-29-31-65-57(38-49)55-17-5-11-23-63(55)73(65)67-36-47(46-25-27-48(28-26-46)69-40-43-33-44(41-69)35-45(34-43)42-69)37-68(70-67)74-64-24-12-6-18-56(64)58-39-50(30-32-66(58)74)72-61-21-9-3-15-53(61)54-16-4-10-22-62(54)72/h1-32,36-39,43-45H,33-35,40-42H2. The summed E-state index contributed by atoms with van der Waals surface area (Å²) in [6, 6.07) is 81.4. The number of aromatic nitrogens is 5. The van der Waals surface area contributed by atoms with Gasteiger partial charge in [0.1, 0.15) is 11.6 Å². The molecule has 4 fully saturated rings. The minimum absolute atomic E-state index is 0.337. The summed E-state index contributed by atoms with van der Waals surface area (Å²) in [7, 11) is 0. The normalized spacial score (nSPS) is 19.5. The van der Waals surface area contributed by atoms with Crippen molar-refractivity contribution in [1.29, 1.82) is 0 Å². The molecule has 0 atom stereocenters. The summed E-state index contributed by atoms with van der Waals surface area (Å²) < 4.78 is 9.67. The molecule has 5 heteroatoms. The second kappa shape index (κ2) is 15.2. The molecule has 14 aromatic rings. The van der Waals surface area contributed by atoms with E-state index in [0.29, 0.717) is 5.41 Å². The Kier molecular flexibility index (Phi) is 8.39. The second-order valence-corrected chi connectivity index (χ2v) is 22.2. The lowest BCUT2D eigenvalue weighted by Crippen LogP contribution is -2.48. The summed E-state index contributed by atoms with van der Waals surface area (Å²) >= 11 is 0. The van der Waals surface area contributed by atoms with Crippen molar-refractivity contribution < 1.29 is 0 Å². The molecule has 18 rings (SSSR count). The lowest BCUT2D eigenvalue weighted by Gasteiger charge is -2.57. The van der Waals surface area contributed by atoms with Gasteiger partial charge in [0.25, 0.3) is 0 Å². The van der Waals surface area contributed by atoms with Crippen LogP contribution in [0.1, 0.15) is 44.1 Å². The van der Waals surface area contributed by atoms with Gasteiger partial charge in [-0.15, -0.1) is 0 Å². The molecular formula is C69H51N5. The quantitative estimate of drug-likeness (QED) is 0.163. The average molecular weight is 950 g/mol. The third kappa shape index (κ3) is 5.78.